The molecule has 3 saturated heterocycles. The van der Waals surface area contributed by atoms with Gasteiger partial charge in [-0.15, -0.1) is 0 Å². The topological polar surface area (TPSA) is 307 Å². The van der Waals surface area contributed by atoms with Gasteiger partial charge >= 0.3 is 0 Å². The molecule has 3 rings (SSSR count). The third-order valence-electron chi connectivity index (χ3n) is 19.5. The van der Waals surface area contributed by atoms with E-state index in [9.17, 15) is 61.0 Å². The van der Waals surface area contributed by atoms with Gasteiger partial charge in [0.15, 0.2) is 18.9 Å². The number of carbonyl (C=O) groups excluding carboxylic acids is 1. The van der Waals surface area contributed by atoms with Gasteiger partial charge in [0.05, 0.1) is 38.6 Å². The lowest BCUT2D eigenvalue weighted by Gasteiger charge is -2.48. The smallest absolute Gasteiger partial charge is 0.220 e. The highest BCUT2D eigenvalue weighted by atomic mass is 16.8. The van der Waals surface area contributed by atoms with Crippen LogP contribution in [-0.2, 0) is 33.2 Å². The molecule has 0 aliphatic carbocycles. The van der Waals surface area contributed by atoms with E-state index >= 15 is 0 Å². The summed E-state index contributed by atoms with van der Waals surface area (Å²) in [6.07, 6.45) is 51.9. The first-order chi connectivity index (χ1) is 48.3. The van der Waals surface area contributed by atoms with Crippen LogP contribution in [0.5, 0.6) is 0 Å². The molecule has 3 heterocycles. The molecule has 3 aliphatic rings. The molecule has 19 heteroatoms. The summed E-state index contributed by atoms with van der Waals surface area (Å²) in [6.45, 7) is 1.71. The van der Waals surface area contributed by atoms with Gasteiger partial charge in [0, 0.05) is 6.42 Å². The van der Waals surface area contributed by atoms with Crippen molar-refractivity contribution in [2.75, 3.05) is 26.4 Å². The van der Waals surface area contributed by atoms with E-state index in [0.717, 1.165) is 77.0 Å². The van der Waals surface area contributed by atoms with Crippen molar-refractivity contribution >= 4 is 5.91 Å². The molecular formula is C80H143NO18. The molecule has 17 atom stereocenters. The molecule has 0 aromatic rings. The van der Waals surface area contributed by atoms with Crippen molar-refractivity contribution in [2.24, 2.45) is 0 Å². The zero-order valence-electron chi connectivity index (χ0n) is 61.5. The summed E-state index contributed by atoms with van der Waals surface area (Å²) in [7, 11) is 0. The van der Waals surface area contributed by atoms with E-state index in [1.165, 1.54) is 186 Å². The minimum absolute atomic E-state index is 0.214. The standard InChI is InChI=1S/C80H143NO18/c1-3-5-7-9-11-13-15-17-19-21-23-25-26-27-28-29-30-31-32-33-34-35-36-38-39-41-43-45-47-49-51-53-55-57-64(85)63(81-68(86)58-56-54-52-50-48-46-44-42-40-37-24-22-20-18-16-14-12-10-8-6-4-2)62-94-78-74(92)71(89)76(66(60-83)96-78)99-80-75(93)72(90)77(67(61-84)97-80)98-79-73(91)70(88)69(87)65(59-82)95-79/h16,18,22,24,39-42,47,49,55,57,63-67,69-80,82-85,87-93H,3-15,17,19-21,23,25-38,43-46,48,50-54,56,58-62H2,1-2H3,(H,81,86)/b18-16-,24-22-,41-39+,42-40-,49-47+,57-55+. The lowest BCUT2D eigenvalue weighted by atomic mass is 9.96. The van der Waals surface area contributed by atoms with E-state index < -0.39 is 124 Å². The van der Waals surface area contributed by atoms with Gasteiger partial charge in [-0.1, -0.05) is 279 Å². The highest BCUT2D eigenvalue weighted by Crippen LogP contribution is 2.33. The van der Waals surface area contributed by atoms with Gasteiger partial charge in [-0.25, -0.2) is 0 Å². The molecule has 12 N–H and O–H groups in total. The number of hydrogen-bond donors (Lipinski definition) is 12. The van der Waals surface area contributed by atoms with Crippen LogP contribution in [-0.4, -0.2) is 193 Å². The molecule has 3 aliphatic heterocycles. The van der Waals surface area contributed by atoms with Gasteiger partial charge in [-0.05, 0) is 83.5 Å². The van der Waals surface area contributed by atoms with Crippen LogP contribution in [0.2, 0.25) is 0 Å². The number of nitrogens with one attached hydrogen (secondary N) is 1. The van der Waals surface area contributed by atoms with E-state index in [0.29, 0.717) is 12.8 Å². The quantitative estimate of drug-likeness (QED) is 0.0199. The Hall–Kier alpha value is -2.77. The third-order valence-corrected chi connectivity index (χ3v) is 19.5. The first-order valence-corrected chi connectivity index (χ1v) is 39.7. The molecule has 19 nitrogen and oxygen atoms in total. The van der Waals surface area contributed by atoms with Crippen LogP contribution < -0.4 is 5.32 Å². The van der Waals surface area contributed by atoms with E-state index in [2.05, 4.69) is 79.9 Å². The van der Waals surface area contributed by atoms with Crippen molar-refractivity contribution in [1.29, 1.82) is 0 Å². The fourth-order valence-electron chi connectivity index (χ4n) is 13.1. The largest absolute Gasteiger partial charge is 0.394 e. The van der Waals surface area contributed by atoms with Crippen molar-refractivity contribution in [1.82, 2.24) is 5.32 Å². The Morgan fingerprint density at radius 1 is 0.364 bits per heavy atom. The highest BCUT2D eigenvalue weighted by molar-refractivity contribution is 5.76. The molecule has 0 saturated carbocycles. The summed E-state index contributed by atoms with van der Waals surface area (Å²) in [5.74, 6) is -0.302. The lowest BCUT2D eigenvalue weighted by molar-refractivity contribution is -0.379. The Balaban J connectivity index is 1.40. The van der Waals surface area contributed by atoms with Crippen LogP contribution in [0.4, 0.5) is 0 Å². The summed E-state index contributed by atoms with van der Waals surface area (Å²) in [5.41, 5.74) is 0. The Morgan fingerprint density at radius 3 is 1.08 bits per heavy atom. The van der Waals surface area contributed by atoms with Gasteiger partial charge in [-0.3, -0.25) is 4.79 Å². The van der Waals surface area contributed by atoms with Crippen LogP contribution in [0, 0.1) is 0 Å². The SMILES string of the molecule is CCCCCCC/C=C\C/C=C\C/C=C\CCCCCCCCC(=O)NC(COC1OC(CO)C(OC2OC(CO)C(OC3OC(CO)C(O)C(O)C3O)C(O)C2O)C(O)C1O)C(O)/C=C/CC/C=C/CC/C=C/CCCCCCCCCCCCCCCCCCCCCCCCC. The number of aliphatic hydroxyl groups excluding tert-OH is 11. The monoisotopic (exact) mass is 1410 g/mol. The Bertz CT molecular complexity index is 2070. The zero-order chi connectivity index (χ0) is 71.8. The van der Waals surface area contributed by atoms with Crippen molar-refractivity contribution in [3.63, 3.8) is 0 Å². The van der Waals surface area contributed by atoms with Crippen LogP contribution in [0.3, 0.4) is 0 Å². The molecule has 17 unspecified atom stereocenters. The number of rotatable bonds is 62. The maximum Gasteiger partial charge on any atom is 0.220 e. The third kappa shape index (κ3) is 40.9. The van der Waals surface area contributed by atoms with Crippen LogP contribution >= 0.6 is 0 Å². The molecular weight excluding hydrogens is 1260 g/mol. The average Bonchev–Trinajstić information content (AvgIpc) is 0.784. The predicted molar refractivity (Wildman–Crippen MR) is 392 cm³/mol. The second-order valence-electron chi connectivity index (χ2n) is 28.2. The maximum absolute atomic E-state index is 13.4. The first kappa shape index (κ1) is 90.4. The average molecular weight is 1410 g/mol. The summed E-state index contributed by atoms with van der Waals surface area (Å²) in [4.78, 5) is 13.4. The summed E-state index contributed by atoms with van der Waals surface area (Å²) in [5, 5.41) is 121. The second-order valence-corrected chi connectivity index (χ2v) is 28.2. The molecule has 0 aromatic heterocycles. The van der Waals surface area contributed by atoms with Crippen LogP contribution in [0.15, 0.2) is 72.9 Å². The van der Waals surface area contributed by atoms with Gasteiger partial charge in [-0.2, -0.15) is 0 Å². The number of hydrogen-bond acceptors (Lipinski definition) is 18. The number of allylic oxidation sites excluding steroid dienone is 11. The Labute approximate surface area is 598 Å². The first-order valence-electron chi connectivity index (χ1n) is 39.7. The van der Waals surface area contributed by atoms with E-state index in [1.54, 1.807) is 6.08 Å². The fourth-order valence-corrected chi connectivity index (χ4v) is 13.1. The molecule has 0 bridgehead atoms. The molecule has 576 valence electrons. The minimum atomic E-state index is -1.99. The normalized spacial score (nSPS) is 27.0. The number of amides is 1. The van der Waals surface area contributed by atoms with Gasteiger partial charge < -0.3 is 89.9 Å². The predicted octanol–water partition coefficient (Wildman–Crippen LogP) is 12.8. The molecule has 1 amide bonds. The number of aliphatic hydroxyl groups is 11. The van der Waals surface area contributed by atoms with Crippen molar-refractivity contribution in [3.8, 4) is 0 Å². The van der Waals surface area contributed by atoms with Crippen molar-refractivity contribution < 1.29 is 89.4 Å². The lowest BCUT2D eigenvalue weighted by Crippen LogP contribution is -2.66. The summed E-state index contributed by atoms with van der Waals surface area (Å²) < 4.78 is 34.4. The number of unbranched alkanes of at least 4 members (excludes halogenated alkanes) is 36. The van der Waals surface area contributed by atoms with Crippen LogP contribution in [0.1, 0.15) is 296 Å². The van der Waals surface area contributed by atoms with E-state index in [1.807, 2.05) is 6.08 Å². The second kappa shape index (κ2) is 60.5. The minimum Gasteiger partial charge on any atom is -0.394 e. The van der Waals surface area contributed by atoms with E-state index in [4.69, 9.17) is 28.4 Å². The molecule has 0 spiro atoms. The van der Waals surface area contributed by atoms with Gasteiger partial charge in [0.1, 0.15) is 73.2 Å². The highest BCUT2D eigenvalue weighted by Gasteiger charge is 2.53. The summed E-state index contributed by atoms with van der Waals surface area (Å²) >= 11 is 0. The van der Waals surface area contributed by atoms with Crippen LogP contribution in [0.25, 0.3) is 0 Å². The Kier molecular flexibility index (Phi) is 55.3. The molecule has 0 radical (unpaired) electrons. The van der Waals surface area contributed by atoms with Gasteiger partial charge in [0.25, 0.3) is 0 Å². The van der Waals surface area contributed by atoms with Crippen molar-refractivity contribution in [3.05, 3.63) is 72.9 Å². The fraction of sp³-hybridized carbons (Fsp3) is 0.838. The molecule has 99 heavy (non-hydrogen) atoms. The number of carbonyl (C=O) groups is 1. The number of ether oxygens (including phenoxy) is 6. The molecule has 0 aromatic carbocycles. The Morgan fingerprint density at radius 2 is 0.677 bits per heavy atom. The molecule has 3 fully saturated rings. The van der Waals surface area contributed by atoms with Crippen molar-refractivity contribution in [2.45, 2.75) is 401 Å². The maximum atomic E-state index is 13.4. The summed E-state index contributed by atoms with van der Waals surface area (Å²) in [6, 6.07) is -1.01. The van der Waals surface area contributed by atoms with Gasteiger partial charge in [0.2, 0.25) is 5.91 Å². The zero-order valence-corrected chi connectivity index (χ0v) is 61.5. The van der Waals surface area contributed by atoms with E-state index in [-0.39, 0.29) is 18.9 Å².